The van der Waals surface area contributed by atoms with Gasteiger partial charge in [0.05, 0.1) is 27.6 Å². The molecule has 196 valence electrons. The van der Waals surface area contributed by atoms with Crippen LogP contribution in [-0.2, 0) is 13.1 Å². The minimum atomic E-state index is -0.166. The molecule has 0 spiro atoms. The number of pyridine rings is 2. The van der Waals surface area contributed by atoms with Crippen LogP contribution >= 0.6 is 0 Å². The molecule has 5 aromatic rings. The number of benzene rings is 3. The summed E-state index contributed by atoms with van der Waals surface area (Å²) in [4.78, 5) is 22.4. The van der Waals surface area contributed by atoms with Gasteiger partial charge in [-0.05, 0) is 85.6 Å². The number of para-hydroxylation sites is 1. The smallest absolute Gasteiger partial charge is 0.255 e. The molecule has 0 fully saturated rings. The van der Waals surface area contributed by atoms with Gasteiger partial charge in [-0.25, -0.2) is 9.98 Å². The highest BCUT2D eigenvalue weighted by atomic mass is 16.1. The number of amides is 1. The minimum absolute atomic E-state index is 0.166. The number of nitrogens with one attached hydrogen (secondary N) is 1. The van der Waals surface area contributed by atoms with E-state index in [4.69, 9.17) is 4.99 Å². The summed E-state index contributed by atoms with van der Waals surface area (Å²) in [6, 6.07) is 29.3. The van der Waals surface area contributed by atoms with Crippen molar-refractivity contribution in [2.24, 2.45) is 9.98 Å². The fraction of sp³-hybridized carbons (Fsp3) is 0.182. The second kappa shape index (κ2) is 12.2. The molecule has 0 saturated carbocycles. The zero-order valence-electron chi connectivity index (χ0n) is 22.4. The molecule has 0 atom stereocenters. The summed E-state index contributed by atoms with van der Waals surface area (Å²) >= 11 is 0. The number of fused-ring (bicyclic) bond motifs is 1. The zero-order chi connectivity index (χ0) is 27.0. The van der Waals surface area contributed by atoms with Crippen molar-refractivity contribution in [3.8, 4) is 0 Å². The average Bonchev–Trinajstić information content (AvgIpc) is 2.97. The second-order valence-electron chi connectivity index (χ2n) is 9.48. The molecule has 0 aliphatic rings. The number of carbonyl (C=O) groups is 1. The number of rotatable bonds is 8. The van der Waals surface area contributed by atoms with Crippen molar-refractivity contribution in [2.45, 2.75) is 39.8 Å². The summed E-state index contributed by atoms with van der Waals surface area (Å²) in [5.41, 5.74) is 4.10. The van der Waals surface area contributed by atoms with Crippen LogP contribution in [0.2, 0.25) is 0 Å². The first-order valence-corrected chi connectivity index (χ1v) is 13.5. The van der Waals surface area contributed by atoms with E-state index >= 15 is 0 Å². The number of aromatic nitrogens is 2. The topological polar surface area (TPSA) is 63.7 Å². The van der Waals surface area contributed by atoms with Crippen LogP contribution in [0.5, 0.6) is 0 Å². The SMILES string of the molecule is CCCn1ccc(=Nc2ccc(NC(=O)c3ccc(N=c4ccn(CCC)c5ccccc45)cc3)cc2)cc1. The number of anilines is 1. The Balaban J connectivity index is 1.28. The van der Waals surface area contributed by atoms with Crippen LogP contribution in [0.4, 0.5) is 17.1 Å². The quantitative estimate of drug-likeness (QED) is 0.238. The van der Waals surface area contributed by atoms with Gasteiger partial charge in [-0.1, -0.05) is 32.0 Å². The first-order valence-electron chi connectivity index (χ1n) is 13.5. The number of nitrogens with zero attached hydrogens (tertiary/aromatic N) is 4. The van der Waals surface area contributed by atoms with Crippen LogP contribution in [0.25, 0.3) is 10.9 Å². The maximum absolute atomic E-state index is 12.8. The molecule has 6 heteroatoms. The first-order chi connectivity index (χ1) is 19.1. The highest BCUT2D eigenvalue weighted by Crippen LogP contribution is 2.18. The van der Waals surface area contributed by atoms with Gasteiger partial charge in [0.25, 0.3) is 5.91 Å². The van der Waals surface area contributed by atoms with Gasteiger partial charge in [-0.3, -0.25) is 4.79 Å². The van der Waals surface area contributed by atoms with E-state index in [9.17, 15) is 4.79 Å². The van der Waals surface area contributed by atoms with Gasteiger partial charge in [0.15, 0.2) is 0 Å². The van der Waals surface area contributed by atoms with E-state index in [0.717, 1.165) is 59.1 Å². The fourth-order valence-corrected chi connectivity index (χ4v) is 4.53. The summed E-state index contributed by atoms with van der Waals surface area (Å²) in [6.45, 7) is 6.30. The van der Waals surface area contributed by atoms with E-state index in [2.05, 4.69) is 63.8 Å². The maximum atomic E-state index is 12.8. The van der Waals surface area contributed by atoms with Gasteiger partial charge in [-0.15, -0.1) is 0 Å². The molecule has 0 bridgehead atoms. The van der Waals surface area contributed by atoms with E-state index < -0.39 is 0 Å². The molecule has 0 aliphatic carbocycles. The van der Waals surface area contributed by atoms with Gasteiger partial charge < -0.3 is 14.5 Å². The lowest BCUT2D eigenvalue weighted by Gasteiger charge is -2.10. The molecule has 2 aromatic heterocycles. The second-order valence-corrected chi connectivity index (χ2v) is 9.48. The molecule has 39 heavy (non-hydrogen) atoms. The molecule has 5 rings (SSSR count). The van der Waals surface area contributed by atoms with Crippen LogP contribution in [0.1, 0.15) is 37.0 Å². The van der Waals surface area contributed by atoms with E-state index in [-0.39, 0.29) is 5.91 Å². The van der Waals surface area contributed by atoms with Gasteiger partial charge in [0, 0.05) is 48.3 Å². The normalized spacial score (nSPS) is 11.5. The van der Waals surface area contributed by atoms with Crippen LogP contribution in [-0.4, -0.2) is 15.0 Å². The molecule has 2 heterocycles. The minimum Gasteiger partial charge on any atom is -0.354 e. The molecule has 0 saturated heterocycles. The maximum Gasteiger partial charge on any atom is 0.255 e. The van der Waals surface area contributed by atoms with Crippen molar-refractivity contribution < 1.29 is 4.79 Å². The molecule has 0 unspecified atom stereocenters. The predicted molar refractivity (Wildman–Crippen MR) is 158 cm³/mol. The van der Waals surface area contributed by atoms with Crippen LogP contribution in [0, 0.1) is 0 Å². The third-order valence-electron chi connectivity index (χ3n) is 6.48. The Kier molecular flexibility index (Phi) is 8.12. The van der Waals surface area contributed by atoms with Gasteiger partial charge in [0.2, 0.25) is 0 Å². The van der Waals surface area contributed by atoms with Crippen molar-refractivity contribution in [1.29, 1.82) is 0 Å². The molecular weight excluding hydrogens is 482 g/mol. The van der Waals surface area contributed by atoms with Crippen molar-refractivity contribution in [3.05, 3.63) is 126 Å². The van der Waals surface area contributed by atoms with E-state index in [1.165, 1.54) is 5.52 Å². The summed E-state index contributed by atoms with van der Waals surface area (Å²) in [5.74, 6) is -0.166. The van der Waals surface area contributed by atoms with Crippen LogP contribution in [0.3, 0.4) is 0 Å². The molecule has 3 aromatic carbocycles. The number of hydrogen-bond donors (Lipinski definition) is 1. The Morgan fingerprint density at radius 2 is 1.38 bits per heavy atom. The number of carbonyl (C=O) groups excluding carboxylic acids is 1. The highest BCUT2D eigenvalue weighted by Gasteiger charge is 2.07. The van der Waals surface area contributed by atoms with Crippen molar-refractivity contribution in [3.63, 3.8) is 0 Å². The lowest BCUT2D eigenvalue weighted by atomic mass is 10.1. The van der Waals surface area contributed by atoms with E-state index in [1.807, 2.05) is 67.0 Å². The summed E-state index contributed by atoms with van der Waals surface area (Å²) < 4.78 is 4.40. The number of aryl methyl sites for hydroxylation is 2. The third-order valence-corrected chi connectivity index (χ3v) is 6.48. The summed E-state index contributed by atoms with van der Waals surface area (Å²) in [6.07, 6.45) is 8.34. The average molecular weight is 516 g/mol. The Bertz CT molecular complexity index is 1690. The van der Waals surface area contributed by atoms with Gasteiger partial charge >= 0.3 is 0 Å². The van der Waals surface area contributed by atoms with Gasteiger partial charge in [-0.2, -0.15) is 0 Å². The Morgan fingerprint density at radius 1 is 0.718 bits per heavy atom. The largest absolute Gasteiger partial charge is 0.354 e. The molecular formula is C33H33N5O. The summed E-state index contributed by atoms with van der Waals surface area (Å²) in [5, 5.41) is 5.88. The fourth-order valence-electron chi connectivity index (χ4n) is 4.53. The van der Waals surface area contributed by atoms with Crippen molar-refractivity contribution in [1.82, 2.24) is 9.13 Å². The summed E-state index contributed by atoms with van der Waals surface area (Å²) in [7, 11) is 0. The lowest BCUT2D eigenvalue weighted by molar-refractivity contribution is 0.102. The first kappa shape index (κ1) is 25.9. The van der Waals surface area contributed by atoms with E-state index in [0.29, 0.717) is 5.56 Å². The van der Waals surface area contributed by atoms with Crippen molar-refractivity contribution in [2.75, 3.05) is 5.32 Å². The Morgan fingerprint density at radius 3 is 2.10 bits per heavy atom. The lowest BCUT2D eigenvalue weighted by Crippen LogP contribution is -2.11. The highest BCUT2D eigenvalue weighted by molar-refractivity contribution is 6.04. The molecule has 1 N–H and O–H groups in total. The molecule has 0 radical (unpaired) electrons. The Labute approximate surface area is 228 Å². The van der Waals surface area contributed by atoms with Crippen LogP contribution < -0.4 is 16.0 Å². The van der Waals surface area contributed by atoms with Crippen LogP contribution in [0.15, 0.2) is 120 Å². The molecule has 1 amide bonds. The third kappa shape index (κ3) is 6.41. The zero-order valence-corrected chi connectivity index (χ0v) is 22.4. The number of hydrogen-bond acceptors (Lipinski definition) is 3. The molecule has 6 nitrogen and oxygen atoms in total. The molecule has 0 aliphatic heterocycles. The predicted octanol–water partition coefficient (Wildman–Crippen LogP) is 6.98. The van der Waals surface area contributed by atoms with Gasteiger partial charge in [0.1, 0.15) is 0 Å². The Hall–Kier alpha value is -4.71. The van der Waals surface area contributed by atoms with E-state index in [1.54, 1.807) is 12.1 Å². The standard InChI is InChI=1S/C33H33N5O/c1-3-20-37-22-17-29(18-23-37)34-26-13-15-28(16-14-26)36-33(39)25-9-11-27(12-10-25)35-31-19-24-38(21-4-2)32-8-6-5-7-30(31)32/h5-19,22-24H,3-4,20-21H2,1-2H3,(H,36,39). The monoisotopic (exact) mass is 515 g/mol. The van der Waals surface area contributed by atoms with Crippen molar-refractivity contribution >= 4 is 33.9 Å².